The fourth-order valence-electron chi connectivity index (χ4n) is 2.15. The molecule has 0 spiro atoms. The van der Waals surface area contributed by atoms with Gasteiger partial charge in [0.2, 0.25) is 0 Å². The highest BCUT2D eigenvalue weighted by Crippen LogP contribution is 2.19. The molecule has 1 aromatic rings. The van der Waals surface area contributed by atoms with E-state index in [0.29, 0.717) is 13.1 Å². The van der Waals surface area contributed by atoms with Crippen LogP contribution in [-0.2, 0) is 4.74 Å². The van der Waals surface area contributed by atoms with Crippen molar-refractivity contribution in [3.05, 3.63) is 18.2 Å². The maximum absolute atomic E-state index is 12.0. The zero-order chi connectivity index (χ0) is 14.8. The Hall–Kier alpha value is -1.85. The van der Waals surface area contributed by atoms with Crippen molar-refractivity contribution < 1.29 is 9.53 Å². The Kier molecular flexibility index (Phi) is 4.11. The number of carbonyl (C=O) groups is 1. The summed E-state index contributed by atoms with van der Waals surface area (Å²) in [4.78, 5) is 24.2. The molecule has 6 nitrogen and oxygen atoms in total. The fraction of sp³-hybridized carbons (Fsp3) is 0.643. The van der Waals surface area contributed by atoms with Crippen molar-refractivity contribution in [3.8, 4) is 0 Å². The van der Waals surface area contributed by atoms with Gasteiger partial charge in [-0.1, -0.05) is 0 Å². The van der Waals surface area contributed by atoms with Gasteiger partial charge in [-0.2, -0.15) is 0 Å². The minimum atomic E-state index is -0.446. The first-order chi connectivity index (χ1) is 9.37. The van der Waals surface area contributed by atoms with Crippen LogP contribution < -0.4 is 4.90 Å². The summed E-state index contributed by atoms with van der Waals surface area (Å²) in [5, 5.41) is 0. The van der Waals surface area contributed by atoms with Gasteiger partial charge in [-0.25, -0.2) is 14.8 Å². The molecular formula is C14H22N4O2. The van der Waals surface area contributed by atoms with Crippen molar-refractivity contribution in [1.29, 1.82) is 0 Å². The first-order valence-corrected chi connectivity index (χ1v) is 6.86. The van der Waals surface area contributed by atoms with Crippen LogP contribution in [-0.4, -0.2) is 52.7 Å². The molecule has 1 aromatic heterocycles. The minimum Gasteiger partial charge on any atom is -0.444 e. The summed E-state index contributed by atoms with van der Waals surface area (Å²) in [7, 11) is 0. The Morgan fingerprint density at radius 2 is 1.90 bits per heavy atom. The second kappa shape index (κ2) is 5.64. The van der Waals surface area contributed by atoms with Crippen LogP contribution in [0.25, 0.3) is 0 Å². The van der Waals surface area contributed by atoms with Crippen molar-refractivity contribution in [1.82, 2.24) is 14.9 Å². The molecule has 20 heavy (non-hydrogen) atoms. The zero-order valence-corrected chi connectivity index (χ0v) is 12.6. The van der Waals surface area contributed by atoms with Gasteiger partial charge in [0.15, 0.2) is 0 Å². The minimum absolute atomic E-state index is 0.238. The normalized spacial score (nSPS) is 16.2. The Bertz CT molecular complexity index is 476. The molecule has 0 saturated carbocycles. The number of anilines is 1. The van der Waals surface area contributed by atoms with E-state index in [0.717, 1.165) is 24.5 Å². The molecule has 2 heterocycles. The van der Waals surface area contributed by atoms with E-state index in [1.807, 2.05) is 33.9 Å². The molecule has 2 rings (SSSR count). The monoisotopic (exact) mass is 278 g/mol. The van der Waals surface area contributed by atoms with Gasteiger partial charge >= 0.3 is 6.09 Å². The predicted molar refractivity (Wildman–Crippen MR) is 76.8 cm³/mol. The van der Waals surface area contributed by atoms with Crippen LogP contribution in [0, 0.1) is 6.92 Å². The molecule has 1 amide bonds. The number of hydrogen-bond acceptors (Lipinski definition) is 5. The molecule has 0 aliphatic carbocycles. The van der Waals surface area contributed by atoms with Crippen LogP contribution in [0.15, 0.2) is 12.5 Å². The van der Waals surface area contributed by atoms with Crippen molar-refractivity contribution in [2.45, 2.75) is 33.3 Å². The third kappa shape index (κ3) is 3.59. The van der Waals surface area contributed by atoms with E-state index in [1.54, 1.807) is 11.2 Å². The zero-order valence-electron chi connectivity index (χ0n) is 12.6. The van der Waals surface area contributed by atoms with Gasteiger partial charge in [0.05, 0.1) is 17.6 Å². The lowest BCUT2D eigenvalue weighted by Crippen LogP contribution is -2.50. The first-order valence-electron chi connectivity index (χ1n) is 6.86. The van der Waals surface area contributed by atoms with E-state index >= 15 is 0 Å². The van der Waals surface area contributed by atoms with Crippen molar-refractivity contribution in [2.75, 3.05) is 31.1 Å². The standard InChI is InChI=1S/C14H22N4O2/c1-11-12(9-15-10-16-11)17-5-7-18(8-6-17)13(19)20-14(2,3)4/h9-10H,5-8H2,1-4H3. The second-order valence-corrected chi connectivity index (χ2v) is 5.95. The number of piperazine rings is 1. The highest BCUT2D eigenvalue weighted by atomic mass is 16.6. The second-order valence-electron chi connectivity index (χ2n) is 5.95. The molecule has 1 saturated heterocycles. The summed E-state index contributed by atoms with van der Waals surface area (Å²) in [5.41, 5.74) is 1.56. The number of aryl methyl sites for hydroxylation is 1. The lowest BCUT2D eigenvalue weighted by molar-refractivity contribution is 0.0240. The molecule has 0 N–H and O–H groups in total. The number of hydrogen-bond donors (Lipinski definition) is 0. The van der Waals surface area contributed by atoms with Gasteiger partial charge < -0.3 is 14.5 Å². The number of amides is 1. The molecule has 0 unspecified atom stereocenters. The summed E-state index contributed by atoms with van der Waals surface area (Å²) in [6, 6.07) is 0. The molecule has 0 aromatic carbocycles. The van der Waals surface area contributed by atoms with Crippen molar-refractivity contribution in [3.63, 3.8) is 0 Å². The van der Waals surface area contributed by atoms with Crippen LogP contribution >= 0.6 is 0 Å². The van der Waals surface area contributed by atoms with Gasteiger partial charge in [0, 0.05) is 26.2 Å². The maximum atomic E-state index is 12.0. The molecule has 0 bridgehead atoms. The largest absolute Gasteiger partial charge is 0.444 e. The van der Waals surface area contributed by atoms with Gasteiger partial charge in [0.1, 0.15) is 11.9 Å². The Morgan fingerprint density at radius 1 is 1.25 bits per heavy atom. The SMILES string of the molecule is Cc1ncncc1N1CCN(C(=O)OC(C)(C)C)CC1. The van der Waals surface area contributed by atoms with Gasteiger partial charge in [-0.15, -0.1) is 0 Å². The van der Waals surface area contributed by atoms with Crippen LogP contribution in [0.4, 0.5) is 10.5 Å². The van der Waals surface area contributed by atoms with E-state index in [1.165, 1.54) is 0 Å². The first kappa shape index (κ1) is 14.6. The van der Waals surface area contributed by atoms with Gasteiger partial charge in [-0.05, 0) is 27.7 Å². The summed E-state index contributed by atoms with van der Waals surface area (Å²) < 4.78 is 5.39. The number of ether oxygens (including phenoxy) is 1. The summed E-state index contributed by atoms with van der Waals surface area (Å²) >= 11 is 0. The highest BCUT2D eigenvalue weighted by molar-refractivity contribution is 5.68. The average Bonchev–Trinajstić information content (AvgIpc) is 2.37. The fourth-order valence-corrected chi connectivity index (χ4v) is 2.15. The predicted octanol–water partition coefficient (Wildman–Crippen LogP) is 1.84. The molecule has 1 fully saturated rings. The van der Waals surface area contributed by atoms with Crippen LogP contribution in [0.2, 0.25) is 0 Å². The number of rotatable bonds is 1. The lowest BCUT2D eigenvalue weighted by Gasteiger charge is -2.36. The van der Waals surface area contributed by atoms with Crippen LogP contribution in [0.5, 0.6) is 0 Å². The highest BCUT2D eigenvalue weighted by Gasteiger charge is 2.26. The van der Waals surface area contributed by atoms with E-state index in [2.05, 4.69) is 14.9 Å². The number of carbonyl (C=O) groups excluding carboxylic acids is 1. The molecular weight excluding hydrogens is 256 g/mol. The average molecular weight is 278 g/mol. The maximum Gasteiger partial charge on any atom is 0.410 e. The smallest absolute Gasteiger partial charge is 0.410 e. The number of nitrogens with zero attached hydrogens (tertiary/aromatic N) is 4. The summed E-state index contributed by atoms with van der Waals surface area (Å²) in [5.74, 6) is 0. The summed E-state index contributed by atoms with van der Waals surface area (Å²) in [6.07, 6.45) is 3.14. The van der Waals surface area contributed by atoms with E-state index in [9.17, 15) is 4.79 Å². The molecule has 0 atom stereocenters. The van der Waals surface area contributed by atoms with Crippen molar-refractivity contribution in [2.24, 2.45) is 0 Å². The van der Waals surface area contributed by atoms with E-state index in [4.69, 9.17) is 4.74 Å². The topological polar surface area (TPSA) is 58.6 Å². The van der Waals surface area contributed by atoms with Gasteiger partial charge in [-0.3, -0.25) is 0 Å². The van der Waals surface area contributed by atoms with Crippen LogP contribution in [0.1, 0.15) is 26.5 Å². The van der Waals surface area contributed by atoms with Crippen LogP contribution in [0.3, 0.4) is 0 Å². The Balaban J connectivity index is 1.93. The molecule has 1 aliphatic rings. The third-order valence-corrected chi connectivity index (χ3v) is 3.16. The molecule has 0 radical (unpaired) electrons. The molecule has 110 valence electrons. The van der Waals surface area contributed by atoms with Gasteiger partial charge in [0.25, 0.3) is 0 Å². The number of aromatic nitrogens is 2. The Morgan fingerprint density at radius 3 is 2.45 bits per heavy atom. The third-order valence-electron chi connectivity index (χ3n) is 3.16. The molecule has 1 aliphatic heterocycles. The Labute approximate surface area is 119 Å². The summed E-state index contributed by atoms with van der Waals surface area (Å²) in [6.45, 7) is 10.5. The molecule has 6 heteroatoms. The van der Waals surface area contributed by atoms with E-state index in [-0.39, 0.29) is 6.09 Å². The quantitative estimate of drug-likeness (QED) is 0.784. The van der Waals surface area contributed by atoms with Crippen molar-refractivity contribution >= 4 is 11.8 Å². The van der Waals surface area contributed by atoms with E-state index < -0.39 is 5.60 Å². The lowest BCUT2D eigenvalue weighted by atomic mass is 10.2.